The summed E-state index contributed by atoms with van der Waals surface area (Å²) in [6.45, 7) is 3.86. The largest absolute Gasteiger partial charge is 0.345 e. The Bertz CT molecular complexity index is 884. The number of hydrogen-bond acceptors (Lipinski definition) is 3. The number of rotatable bonds is 7. The maximum absolute atomic E-state index is 12.9. The molecule has 0 aliphatic rings. The first kappa shape index (κ1) is 22.4. The summed E-state index contributed by atoms with van der Waals surface area (Å²) < 4.78 is 0. The third-order valence-corrected chi connectivity index (χ3v) is 5.02. The minimum atomic E-state index is -0.726. The molecule has 2 rings (SSSR count). The van der Waals surface area contributed by atoms with Crippen LogP contribution in [0.5, 0.6) is 0 Å². The molecule has 0 saturated heterocycles. The molecule has 2 unspecified atom stereocenters. The number of nitrogens with one attached hydrogen (secondary N) is 2. The Morgan fingerprint density at radius 3 is 2.31 bits per heavy atom. The van der Waals surface area contributed by atoms with E-state index in [-0.39, 0.29) is 23.6 Å². The van der Waals surface area contributed by atoms with Crippen molar-refractivity contribution in [3.05, 3.63) is 64.7 Å². The van der Waals surface area contributed by atoms with E-state index in [4.69, 9.17) is 11.6 Å². The lowest BCUT2D eigenvalue weighted by Gasteiger charge is -2.24. The van der Waals surface area contributed by atoms with Crippen LogP contribution >= 0.6 is 11.6 Å². The van der Waals surface area contributed by atoms with Gasteiger partial charge in [0.2, 0.25) is 5.91 Å². The fourth-order valence-corrected chi connectivity index (χ4v) is 2.94. The molecule has 0 spiro atoms. The second-order valence-electron chi connectivity index (χ2n) is 7.09. The Kier molecular flexibility index (Phi) is 7.79. The summed E-state index contributed by atoms with van der Waals surface area (Å²) in [5.74, 6) is -1.01. The number of carbonyl (C=O) groups is 3. The first-order chi connectivity index (χ1) is 13.7. The van der Waals surface area contributed by atoms with Gasteiger partial charge in [-0.25, -0.2) is 0 Å². The van der Waals surface area contributed by atoms with Crippen LogP contribution in [0.25, 0.3) is 0 Å². The first-order valence-electron chi connectivity index (χ1n) is 9.42. The van der Waals surface area contributed by atoms with Gasteiger partial charge in [-0.1, -0.05) is 50.1 Å². The SMILES string of the molecule is CCC(C)C(NC(=O)c1ccccc1)C(=O)Nc1ccc(Cl)c(C(=O)N(C)C)c1. The first-order valence-corrected chi connectivity index (χ1v) is 9.80. The summed E-state index contributed by atoms with van der Waals surface area (Å²) >= 11 is 6.13. The lowest BCUT2D eigenvalue weighted by molar-refractivity contribution is -0.119. The average molecular weight is 416 g/mol. The lowest BCUT2D eigenvalue weighted by atomic mass is 9.97. The topological polar surface area (TPSA) is 78.5 Å². The fraction of sp³-hybridized carbons (Fsp3) is 0.318. The minimum absolute atomic E-state index is 0.0853. The Balaban J connectivity index is 2.21. The highest BCUT2D eigenvalue weighted by Crippen LogP contribution is 2.22. The number of nitrogens with zero attached hydrogens (tertiary/aromatic N) is 1. The molecule has 2 aromatic carbocycles. The Morgan fingerprint density at radius 1 is 1.07 bits per heavy atom. The number of amides is 3. The van der Waals surface area contributed by atoms with Crippen LogP contribution in [0.3, 0.4) is 0 Å². The highest BCUT2D eigenvalue weighted by Gasteiger charge is 2.27. The number of anilines is 1. The van der Waals surface area contributed by atoms with Gasteiger partial charge >= 0.3 is 0 Å². The molecule has 0 radical (unpaired) electrons. The summed E-state index contributed by atoms with van der Waals surface area (Å²) in [6, 6.07) is 12.7. The molecular weight excluding hydrogens is 390 g/mol. The van der Waals surface area contributed by atoms with Crippen molar-refractivity contribution in [1.82, 2.24) is 10.2 Å². The van der Waals surface area contributed by atoms with Crippen LogP contribution in [0.15, 0.2) is 48.5 Å². The van der Waals surface area contributed by atoms with Gasteiger partial charge in [0.1, 0.15) is 6.04 Å². The predicted molar refractivity (Wildman–Crippen MR) is 115 cm³/mol. The van der Waals surface area contributed by atoms with Crippen LogP contribution in [0.2, 0.25) is 5.02 Å². The molecule has 0 aliphatic heterocycles. The van der Waals surface area contributed by atoms with E-state index in [1.165, 1.54) is 11.0 Å². The molecule has 0 aromatic heterocycles. The monoisotopic (exact) mass is 415 g/mol. The fourth-order valence-electron chi connectivity index (χ4n) is 2.74. The van der Waals surface area contributed by atoms with Crippen molar-refractivity contribution in [2.45, 2.75) is 26.3 Å². The molecule has 154 valence electrons. The van der Waals surface area contributed by atoms with Crippen molar-refractivity contribution in [2.75, 3.05) is 19.4 Å². The van der Waals surface area contributed by atoms with E-state index in [1.54, 1.807) is 50.5 Å². The van der Waals surface area contributed by atoms with Crippen LogP contribution in [0, 0.1) is 5.92 Å². The molecular formula is C22H26ClN3O3. The summed E-state index contributed by atoms with van der Waals surface area (Å²) in [7, 11) is 3.25. The molecule has 29 heavy (non-hydrogen) atoms. The highest BCUT2D eigenvalue weighted by atomic mass is 35.5. The van der Waals surface area contributed by atoms with Gasteiger partial charge in [-0.15, -0.1) is 0 Å². The quantitative estimate of drug-likeness (QED) is 0.721. The number of halogens is 1. The van der Waals surface area contributed by atoms with Crippen molar-refractivity contribution >= 4 is 35.0 Å². The third kappa shape index (κ3) is 5.81. The van der Waals surface area contributed by atoms with E-state index in [2.05, 4.69) is 10.6 Å². The maximum atomic E-state index is 12.9. The summed E-state index contributed by atoms with van der Waals surface area (Å²) in [4.78, 5) is 39.1. The van der Waals surface area contributed by atoms with E-state index in [0.29, 0.717) is 28.3 Å². The van der Waals surface area contributed by atoms with E-state index in [0.717, 1.165) is 0 Å². The van der Waals surface area contributed by atoms with Gasteiger partial charge in [-0.3, -0.25) is 14.4 Å². The van der Waals surface area contributed by atoms with Gasteiger partial charge < -0.3 is 15.5 Å². The van der Waals surface area contributed by atoms with Crippen molar-refractivity contribution in [3.63, 3.8) is 0 Å². The van der Waals surface area contributed by atoms with Gasteiger partial charge in [0, 0.05) is 25.3 Å². The smallest absolute Gasteiger partial charge is 0.254 e. The Hall–Kier alpha value is -2.86. The van der Waals surface area contributed by atoms with Crippen LogP contribution in [0.1, 0.15) is 41.0 Å². The predicted octanol–water partition coefficient (Wildman–Crippen LogP) is 3.83. The third-order valence-electron chi connectivity index (χ3n) is 4.69. The van der Waals surface area contributed by atoms with Crippen molar-refractivity contribution in [3.8, 4) is 0 Å². The molecule has 6 nitrogen and oxygen atoms in total. The van der Waals surface area contributed by atoms with E-state index in [1.807, 2.05) is 19.9 Å². The molecule has 7 heteroatoms. The molecule has 0 aliphatic carbocycles. The summed E-state index contributed by atoms with van der Waals surface area (Å²) in [5, 5.41) is 5.91. The zero-order chi connectivity index (χ0) is 21.6. The minimum Gasteiger partial charge on any atom is -0.345 e. The van der Waals surface area contributed by atoms with Gasteiger partial charge in [-0.05, 0) is 36.2 Å². The number of carbonyl (C=O) groups excluding carboxylic acids is 3. The van der Waals surface area contributed by atoms with Crippen LogP contribution in [0.4, 0.5) is 5.69 Å². The van der Waals surface area contributed by atoms with Crippen molar-refractivity contribution in [1.29, 1.82) is 0 Å². The molecule has 3 amide bonds. The second-order valence-corrected chi connectivity index (χ2v) is 7.49. The van der Waals surface area contributed by atoms with Crippen molar-refractivity contribution < 1.29 is 14.4 Å². The summed E-state index contributed by atoms with van der Waals surface area (Å²) in [6.07, 6.45) is 0.706. The Morgan fingerprint density at radius 2 is 1.72 bits per heavy atom. The standard InChI is InChI=1S/C22H26ClN3O3/c1-5-14(2)19(25-20(27)15-9-7-6-8-10-15)21(28)24-16-11-12-18(23)17(13-16)22(29)26(3)4/h6-14,19H,5H2,1-4H3,(H,24,28)(H,25,27). The molecule has 2 aromatic rings. The summed E-state index contributed by atoms with van der Waals surface area (Å²) in [5.41, 5.74) is 1.22. The van der Waals surface area contributed by atoms with Crippen molar-refractivity contribution in [2.24, 2.45) is 5.92 Å². The number of benzene rings is 2. The molecule has 0 saturated carbocycles. The number of hydrogen-bond donors (Lipinski definition) is 2. The zero-order valence-corrected chi connectivity index (χ0v) is 17.8. The second kappa shape index (κ2) is 10.1. The molecule has 2 N–H and O–H groups in total. The van der Waals surface area contributed by atoms with E-state index < -0.39 is 6.04 Å². The molecule has 0 bridgehead atoms. The maximum Gasteiger partial charge on any atom is 0.254 e. The van der Waals surface area contributed by atoms with E-state index in [9.17, 15) is 14.4 Å². The average Bonchev–Trinajstić information content (AvgIpc) is 2.72. The zero-order valence-electron chi connectivity index (χ0n) is 17.0. The highest BCUT2D eigenvalue weighted by molar-refractivity contribution is 6.34. The van der Waals surface area contributed by atoms with Crippen LogP contribution in [-0.4, -0.2) is 42.8 Å². The lowest BCUT2D eigenvalue weighted by Crippen LogP contribution is -2.47. The van der Waals surface area contributed by atoms with E-state index >= 15 is 0 Å². The molecule has 2 atom stereocenters. The van der Waals surface area contributed by atoms with Crippen LogP contribution < -0.4 is 10.6 Å². The molecule has 0 heterocycles. The Labute approximate surface area is 176 Å². The normalized spacial score (nSPS) is 12.6. The molecule has 0 fully saturated rings. The van der Waals surface area contributed by atoms with Gasteiger partial charge in [0.15, 0.2) is 0 Å². The van der Waals surface area contributed by atoms with Gasteiger partial charge in [-0.2, -0.15) is 0 Å². The van der Waals surface area contributed by atoms with Gasteiger partial charge in [0.05, 0.1) is 10.6 Å². The van der Waals surface area contributed by atoms with Gasteiger partial charge in [0.25, 0.3) is 11.8 Å². The van der Waals surface area contributed by atoms with Crippen LogP contribution in [-0.2, 0) is 4.79 Å².